The standard InChI is InChI=1S/C36H46N4O12/c1-33(2)43-15-19(47-33)25-23(27-31(45-25)51-35(5,6)49-27)39-29(41)17-11-9-13-37-21(17)22-18(12-10-14-38-22)30(42)40-24-26(20-16-44-34(3,4)48-20)46-32-28(24)50-36(7,8)52-32/h9-14,19-20,23-28,31-32H,15-16H2,1-8H3,(H,39,41)(H,40,42)/t19-,20-,23+,24+,25-,26-,27-,28-,31-,32-/m1/s1. The maximum Gasteiger partial charge on any atom is 0.253 e. The van der Waals surface area contributed by atoms with E-state index >= 15 is 0 Å². The molecule has 2 aromatic heterocycles. The molecule has 6 aliphatic heterocycles. The van der Waals surface area contributed by atoms with Crippen molar-refractivity contribution in [2.75, 3.05) is 13.2 Å². The van der Waals surface area contributed by atoms with Gasteiger partial charge in [0.1, 0.15) is 48.0 Å². The SMILES string of the molecule is CC1(C)O[C@H]2O[C@H]([C@H]3COC(C)(C)O3)[C@H](NC(=O)c3cccnc3-c3ncccc3C(=O)N[C@@H]3[C@H]4OC(C)(C)O[C@H]4O[C@@H]3[C@H]3COC(C)(C)O3)[C@H]2O1. The third-order valence-electron chi connectivity index (χ3n) is 9.89. The summed E-state index contributed by atoms with van der Waals surface area (Å²) < 4.78 is 60.9. The molecule has 16 heteroatoms. The van der Waals surface area contributed by atoms with Crippen LogP contribution in [-0.2, 0) is 47.4 Å². The zero-order valence-corrected chi connectivity index (χ0v) is 30.4. The summed E-state index contributed by atoms with van der Waals surface area (Å²) in [6.07, 6.45) is -1.87. The fourth-order valence-electron chi connectivity index (χ4n) is 7.80. The summed E-state index contributed by atoms with van der Waals surface area (Å²) in [5.41, 5.74) is 0.789. The number of aromatic nitrogens is 2. The first kappa shape index (κ1) is 35.8. The Morgan fingerprint density at radius 1 is 0.577 bits per heavy atom. The molecule has 6 saturated heterocycles. The molecule has 2 N–H and O–H groups in total. The first-order valence-electron chi connectivity index (χ1n) is 17.7. The van der Waals surface area contributed by atoms with Crippen LogP contribution in [0.25, 0.3) is 11.4 Å². The molecule has 2 amide bonds. The number of carbonyl (C=O) groups is 2. The van der Waals surface area contributed by atoms with Gasteiger partial charge in [0.05, 0.1) is 36.4 Å². The molecule has 0 radical (unpaired) electrons. The Bertz CT molecular complexity index is 1600. The number of hydrogen-bond acceptors (Lipinski definition) is 14. The van der Waals surface area contributed by atoms with Crippen LogP contribution in [0.5, 0.6) is 0 Å². The maximum atomic E-state index is 14.2. The van der Waals surface area contributed by atoms with Crippen LogP contribution in [0.3, 0.4) is 0 Å². The van der Waals surface area contributed by atoms with Gasteiger partial charge >= 0.3 is 0 Å². The largest absolute Gasteiger partial charge is 0.348 e. The second-order valence-corrected chi connectivity index (χ2v) is 15.7. The number of ether oxygens (including phenoxy) is 10. The van der Waals surface area contributed by atoms with Crippen LogP contribution < -0.4 is 10.6 Å². The van der Waals surface area contributed by atoms with E-state index in [1.54, 1.807) is 64.4 Å². The summed E-state index contributed by atoms with van der Waals surface area (Å²) in [7, 11) is 0. The van der Waals surface area contributed by atoms with E-state index in [9.17, 15) is 9.59 Å². The van der Waals surface area contributed by atoms with Crippen molar-refractivity contribution in [1.29, 1.82) is 0 Å². The summed E-state index contributed by atoms with van der Waals surface area (Å²) in [5.74, 6) is -4.43. The summed E-state index contributed by atoms with van der Waals surface area (Å²) >= 11 is 0. The van der Waals surface area contributed by atoms with Gasteiger partial charge in [-0.1, -0.05) is 0 Å². The van der Waals surface area contributed by atoms with Crippen molar-refractivity contribution in [3.05, 3.63) is 47.8 Å². The lowest BCUT2D eigenvalue weighted by Crippen LogP contribution is -2.53. The number of amides is 2. The van der Waals surface area contributed by atoms with Gasteiger partial charge in [-0.3, -0.25) is 19.6 Å². The average Bonchev–Trinajstić information content (AvgIpc) is 3.89. The Morgan fingerprint density at radius 3 is 1.35 bits per heavy atom. The van der Waals surface area contributed by atoms with E-state index < -0.39 is 96.3 Å². The summed E-state index contributed by atoms with van der Waals surface area (Å²) in [6.45, 7) is 15.0. The molecular weight excluding hydrogens is 680 g/mol. The minimum atomic E-state index is -0.923. The number of pyridine rings is 2. The van der Waals surface area contributed by atoms with Gasteiger partial charge in [-0.2, -0.15) is 0 Å². The molecule has 6 aliphatic rings. The van der Waals surface area contributed by atoms with Crippen LogP contribution in [0.1, 0.15) is 76.1 Å². The summed E-state index contributed by atoms with van der Waals surface area (Å²) in [5, 5.41) is 6.21. The molecule has 10 atom stereocenters. The van der Waals surface area contributed by atoms with Crippen molar-refractivity contribution >= 4 is 11.8 Å². The Labute approximate surface area is 301 Å². The molecule has 0 unspecified atom stereocenters. The third kappa shape index (κ3) is 6.74. The average molecular weight is 727 g/mol. The first-order valence-corrected chi connectivity index (χ1v) is 17.7. The molecule has 52 heavy (non-hydrogen) atoms. The number of nitrogens with zero attached hydrogens (tertiary/aromatic N) is 2. The quantitative estimate of drug-likeness (QED) is 0.425. The van der Waals surface area contributed by atoms with Crippen LogP contribution >= 0.6 is 0 Å². The monoisotopic (exact) mass is 726 g/mol. The fourth-order valence-corrected chi connectivity index (χ4v) is 7.80. The van der Waals surface area contributed by atoms with Gasteiger partial charge in [0.25, 0.3) is 11.8 Å². The lowest BCUT2D eigenvalue weighted by atomic mass is 10.00. The van der Waals surface area contributed by atoms with Gasteiger partial charge in [-0.05, 0) is 79.7 Å². The third-order valence-corrected chi connectivity index (χ3v) is 9.89. The number of carbonyl (C=O) groups excluding carboxylic acids is 2. The highest BCUT2D eigenvalue weighted by molar-refractivity contribution is 6.04. The molecular formula is C36H46N4O12. The van der Waals surface area contributed by atoms with Gasteiger partial charge in [0, 0.05) is 12.4 Å². The summed E-state index contributed by atoms with van der Waals surface area (Å²) in [4.78, 5) is 37.6. The van der Waals surface area contributed by atoms with Crippen LogP contribution in [0.2, 0.25) is 0 Å². The number of nitrogens with one attached hydrogen (secondary N) is 2. The minimum absolute atomic E-state index is 0.190. The van der Waals surface area contributed by atoms with Crippen LogP contribution in [0, 0.1) is 0 Å². The Kier molecular flexibility index (Phi) is 8.77. The van der Waals surface area contributed by atoms with Crippen LogP contribution in [0.15, 0.2) is 36.7 Å². The predicted molar refractivity (Wildman–Crippen MR) is 177 cm³/mol. The molecule has 0 aromatic carbocycles. The van der Waals surface area contributed by atoms with Gasteiger partial charge < -0.3 is 58.0 Å². The second-order valence-electron chi connectivity index (χ2n) is 15.7. The molecule has 6 fully saturated rings. The van der Waals surface area contributed by atoms with E-state index in [4.69, 9.17) is 47.4 Å². The highest BCUT2D eigenvalue weighted by Crippen LogP contribution is 2.43. The van der Waals surface area contributed by atoms with E-state index in [2.05, 4.69) is 20.6 Å². The minimum Gasteiger partial charge on any atom is -0.348 e. The predicted octanol–water partition coefficient (Wildman–Crippen LogP) is 2.40. The van der Waals surface area contributed by atoms with E-state index in [1.165, 1.54) is 0 Å². The second kappa shape index (κ2) is 12.7. The molecule has 0 spiro atoms. The van der Waals surface area contributed by atoms with Crippen molar-refractivity contribution in [1.82, 2.24) is 20.6 Å². The zero-order chi connectivity index (χ0) is 36.8. The Hall–Kier alpha value is -3.16. The number of rotatable bonds is 7. The molecule has 0 saturated carbocycles. The maximum absolute atomic E-state index is 14.2. The highest BCUT2D eigenvalue weighted by atomic mass is 16.9. The van der Waals surface area contributed by atoms with Crippen LogP contribution in [-0.4, -0.2) is 119 Å². The lowest BCUT2D eigenvalue weighted by Gasteiger charge is -2.30. The Balaban J connectivity index is 1.06. The first-order chi connectivity index (χ1) is 24.5. The van der Waals surface area contributed by atoms with Gasteiger partial charge in [0.2, 0.25) is 0 Å². The molecule has 0 aliphatic carbocycles. The van der Waals surface area contributed by atoms with Gasteiger partial charge in [-0.15, -0.1) is 0 Å². The van der Waals surface area contributed by atoms with Crippen molar-refractivity contribution in [3.8, 4) is 11.4 Å². The fraction of sp³-hybridized carbons (Fsp3) is 0.667. The van der Waals surface area contributed by atoms with E-state index in [-0.39, 0.29) is 35.7 Å². The molecule has 0 bridgehead atoms. The van der Waals surface area contributed by atoms with E-state index in [0.717, 1.165) is 0 Å². The van der Waals surface area contributed by atoms with E-state index in [0.29, 0.717) is 0 Å². The van der Waals surface area contributed by atoms with Crippen molar-refractivity contribution in [3.63, 3.8) is 0 Å². The van der Waals surface area contributed by atoms with Crippen molar-refractivity contribution < 1.29 is 57.0 Å². The summed E-state index contributed by atoms with van der Waals surface area (Å²) in [6, 6.07) is 5.21. The number of hydrogen-bond donors (Lipinski definition) is 2. The van der Waals surface area contributed by atoms with Gasteiger partial charge in [-0.25, -0.2) is 0 Å². The molecule has 16 nitrogen and oxygen atoms in total. The normalized spacial score (nSPS) is 37.8. The van der Waals surface area contributed by atoms with Crippen molar-refractivity contribution in [2.24, 2.45) is 0 Å². The smallest absolute Gasteiger partial charge is 0.253 e. The molecule has 8 rings (SSSR count). The highest BCUT2D eigenvalue weighted by Gasteiger charge is 2.60. The molecule has 2 aromatic rings. The van der Waals surface area contributed by atoms with Gasteiger partial charge in [0.15, 0.2) is 35.7 Å². The number of fused-ring (bicyclic) bond motifs is 2. The lowest BCUT2D eigenvalue weighted by molar-refractivity contribution is -0.223. The topological polar surface area (TPSA) is 176 Å². The zero-order valence-electron chi connectivity index (χ0n) is 30.4. The van der Waals surface area contributed by atoms with Crippen molar-refractivity contribution in [2.45, 2.75) is 140 Å². The van der Waals surface area contributed by atoms with Crippen LogP contribution in [0.4, 0.5) is 0 Å². The molecule has 8 heterocycles. The van der Waals surface area contributed by atoms with E-state index in [1.807, 2.05) is 27.7 Å². The molecule has 282 valence electrons. The Morgan fingerprint density at radius 2 is 0.981 bits per heavy atom.